The van der Waals surface area contributed by atoms with Gasteiger partial charge in [0, 0.05) is 44.6 Å². The Kier molecular flexibility index (Phi) is 6.85. The van der Waals surface area contributed by atoms with Crippen LogP contribution in [0.2, 0.25) is 5.02 Å². The molecule has 37 heavy (non-hydrogen) atoms. The summed E-state index contributed by atoms with van der Waals surface area (Å²) in [5.41, 5.74) is 1.18. The quantitative estimate of drug-likeness (QED) is 0.439. The van der Waals surface area contributed by atoms with Gasteiger partial charge in [0.2, 0.25) is 11.7 Å². The van der Waals surface area contributed by atoms with Gasteiger partial charge in [-0.2, -0.15) is 5.10 Å². The van der Waals surface area contributed by atoms with Crippen molar-refractivity contribution in [1.82, 2.24) is 24.5 Å². The zero-order chi connectivity index (χ0) is 26.3. The maximum atomic E-state index is 13.9. The summed E-state index contributed by atoms with van der Waals surface area (Å²) in [7, 11) is 0. The molecular formula is C26H27ClFN5O4. The molecule has 5 rings (SSSR count). The molecule has 0 saturated carbocycles. The van der Waals surface area contributed by atoms with Gasteiger partial charge in [-0.05, 0) is 55.5 Å². The molecule has 2 fully saturated rings. The number of halogens is 2. The van der Waals surface area contributed by atoms with Crippen molar-refractivity contribution in [2.45, 2.75) is 45.3 Å². The monoisotopic (exact) mass is 527 g/mol. The van der Waals surface area contributed by atoms with Crippen LogP contribution in [0.25, 0.3) is 0 Å². The maximum Gasteiger partial charge on any atom is 0.295 e. The summed E-state index contributed by atoms with van der Waals surface area (Å²) < 4.78 is 15.3. The summed E-state index contributed by atoms with van der Waals surface area (Å²) in [4.78, 5) is 58.4. The van der Waals surface area contributed by atoms with Gasteiger partial charge in [-0.15, -0.1) is 0 Å². The molecule has 1 aromatic heterocycles. The number of carbonyl (C=O) groups is 4. The number of piperidine rings is 1. The third kappa shape index (κ3) is 4.66. The van der Waals surface area contributed by atoms with Crippen molar-refractivity contribution in [2.75, 3.05) is 19.6 Å². The zero-order valence-corrected chi connectivity index (χ0v) is 21.2. The Bertz CT molecular complexity index is 1290. The first-order valence-corrected chi connectivity index (χ1v) is 12.7. The van der Waals surface area contributed by atoms with E-state index < -0.39 is 29.3 Å². The Morgan fingerprint density at radius 3 is 2.62 bits per heavy atom. The second kappa shape index (κ2) is 10.1. The van der Waals surface area contributed by atoms with Crippen molar-refractivity contribution in [2.24, 2.45) is 5.92 Å². The van der Waals surface area contributed by atoms with Crippen LogP contribution in [0.5, 0.6) is 0 Å². The van der Waals surface area contributed by atoms with E-state index in [1.807, 2.05) is 13.1 Å². The van der Waals surface area contributed by atoms with Crippen molar-refractivity contribution in [1.29, 1.82) is 0 Å². The zero-order valence-electron chi connectivity index (χ0n) is 20.4. The lowest BCUT2D eigenvalue weighted by Gasteiger charge is -2.44. The van der Waals surface area contributed by atoms with Crippen molar-refractivity contribution < 1.29 is 23.6 Å². The molecule has 0 bridgehead atoms. The number of Topliss-reactive ketones (excluding diaryl/α,β-unsaturated/α-hetero) is 1. The fraction of sp³-hybridized carbons (Fsp3) is 0.423. The number of nitrogens with zero attached hydrogens (tertiary/aromatic N) is 5. The van der Waals surface area contributed by atoms with Gasteiger partial charge in [0.25, 0.3) is 11.8 Å². The number of ketones is 1. The molecule has 2 unspecified atom stereocenters. The molecule has 4 heterocycles. The fourth-order valence-electron chi connectivity index (χ4n) is 5.37. The van der Waals surface area contributed by atoms with E-state index in [9.17, 15) is 23.6 Å². The van der Waals surface area contributed by atoms with Gasteiger partial charge in [-0.25, -0.2) is 4.39 Å². The minimum absolute atomic E-state index is 0.0614. The largest absolute Gasteiger partial charge is 0.337 e. The normalized spacial score (nSPS) is 22.7. The molecule has 3 aliphatic heterocycles. The van der Waals surface area contributed by atoms with Gasteiger partial charge in [-0.3, -0.25) is 28.8 Å². The highest BCUT2D eigenvalue weighted by atomic mass is 35.5. The van der Waals surface area contributed by atoms with Gasteiger partial charge in [0.15, 0.2) is 0 Å². The second-order valence-corrected chi connectivity index (χ2v) is 10.1. The molecule has 0 aliphatic carbocycles. The Labute approximate surface area is 218 Å². The van der Waals surface area contributed by atoms with Crippen molar-refractivity contribution >= 4 is 35.1 Å². The first kappa shape index (κ1) is 25.1. The summed E-state index contributed by atoms with van der Waals surface area (Å²) >= 11 is 5.89. The summed E-state index contributed by atoms with van der Waals surface area (Å²) in [6.45, 7) is 3.58. The van der Waals surface area contributed by atoms with E-state index in [1.165, 1.54) is 28.0 Å². The first-order chi connectivity index (χ1) is 17.8. The van der Waals surface area contributed by atoms with E-state index in [4.69, 9.17) is 11.6 Å². The molecule has 0 N–H and O–H groups in total. The predicted octanol–water partition coefficient (Wildman–Crippen LogP) is 2.40. The lowest BCUT2D eigenvalue weighted by Crippen LogP contribution is -2.58. The summed E-state index contributed by atoms with van der Waals surface area (Å²) in [6, 6.07) is 5.64. The predicted molar refractivity (Wildman–Crippen MR) is 131 cm³/mol. The molecule has 11 heteroatoms. The average Bonchev–Trinajstić information content (AvgIpc) is 3.39. The molecule has 2 aromatic rings. The molecule has 2 atom stereocenters. The van der Waals surface area contributed by atoms with E-state index >= 15 is 0 Å². The SMILES string of the molecule is CC1CCCN(CCn2cccn2)C(=O)C2=C3CCN(Cc4ccc(F)c(Cl)c4)C(=O)C3C(=O)C(=O)N21. The van der Waals surface area contributed by atoms with E-state index in [2.05, 4.69) is 5.10 Å². The fourth-order valence-corrected chi connectivity index (χ4v) is 5.57. The highest BCUT2D eigenvalue weighted by Gasteiger charge is 2.51. The molecule has 3 amide bonds. The Morgan fingerprint density at radius 2 is 1.89 bits per heavy atom. The van der Waals surface area contributed by atoms with Crippen LogP contribution in [0.1, 0.15) is 31.7 Å². The lowest BCUT2D eigenvalue weighted by atomic mass is 9.80. The summed E-state index contributed by atoms with van der Waals surface area (Å²) in [6.07, 6.45) is 5.06. The van der Waals surface area contributed by atoms with Gasteiger partial charge in [0.05, 0.1) is 11.6 Å². The van der Waals surface area contributed by atoms with E-state index in [1.54, 1.807) is 21.8 Å². The highest BCUT2D eigenvalue weighted by Crippen LogP contribution is 2.37. The van der Waals surface area contributed by atoms with Crippen LogP contribution in [0.4, 0.5) is 4.39 Å². The number of rotatable bonds is 5. The second-order valence-electron chi connectivity index (χ2n) is 9.66. The smallest absolute Gasteiger partial charge is 0.295 e. The molecule has 1 aromatic carbocycles. The van der Waals surface area contributed by atoms with E-state index in [0.717, 1.165) is 0 Å². The van der Waals surface area contributed by atoms with Crippen LogP contribution in [0.3, 0.4) is 0 Å². The number of carbonyl (C=O) groups excluding carboxylic acids is 4. The third-order valence-corrected chi connectivity index (χ3v) is 7.58. The summed E-state index contributed by atoms with van der Waals surface area (Å²) in [5, 5.41) is 4.13. The number of likely N-dealkylation sites (tertiary alicyclic amines) is 1. The Morgan fingerprint density at radius 1 is 1.08 bits per heavy atom. The Hall–Kier alpha value is -3.53. The van der Waals surface area contributed by atoms with Crippen LogP contribution < -0.4 is 0 Å². The van der Waals surface area contributed by atoms with Gasteiger partial charge in [-0.1, -0.05) is 17.7 Å². The number of hydrogen-bond donors (Lipinski definition) is 0. The van der Waals surface area contributed by atoms with Crippen molar-refractivity contribution in [3.05, 3.63) is 64.3 Å². The number of hydrogen-bond acceptors (Lipinski definition) is 5. The summed E-state index contributed by atoms with van der Waals surface area (Å²) in [5.74, 6) is -4.40. The average molecular weight is 528 g/mol. The molecule has 0 spiro atoms. The number of fused-ring (bicyclic) bond motifs is 2. The third-order valence-electron chi connectivity index (χ3n) is 7.29. The molecular weight excluding hydrogens is 501 g/mol. The molecule has 2 saturated heterocycles. The first-order valence-electron chi connectivity index (χ1n) is 12.4. The van der Waals surface area contributed by atoms with Crippen LogP contribution >= 0.6 is 11.6 Å². The van der Waals surface area contributed by atoms with Gasteiger partial charge < -0.3 is 9.80 Å². The van der Waals surface area contributed by atoms with Crippen LogP contribution in [0, 0.1) is 11.7 Å². The molecule has 9 nitrogen and oxygen atoms in total. The minimum atomic E-state index is -1.33. The topological polar surface area (TPSA) is 95.8 Å². The molecule has 3 aliphatic rings. The van der Waals surface area contributed by atoms with Crippen molar-refractivity contribution in [3.8, 4) is 0 Å². The molecule has 0 radical (unpaired) electrons. The maximum absolute atomic E-state index is 13.9. The van der Waals surface area contributed by atoms with Crippen LogP contribution in [0.15, 0.2) is 47.9 Å². The highest BCUT2D eigenvalue weighted by molar-refractivity contribution is 6.43. The standard InChI is InChI=1S/C26H27ClFN5O4/c1-16-4-2-9-30(12-13-32-10-3-8-29-32)25(36)22-18-7-11-31(15-17-5-6-20(28)19(27)14-17)24(35)21(18)23(34)26(37)33(16)22/h3,5-6,8,10,14,16,21H,2,4,7,9,11-13,15H2,1H3. The number of benzene rings is 1. The van der Waals surface area contributed by atoms with Crippen LogP contribution in [-0.4, -0.2) is 73.7 Å². The van der Waals surface area contributed by atoms with Gasteiger partial charge >= 0.3 is 0 Å². The lowest BCUT2D eigenvalue weighted by molar-refractivity contribution is -0.155. The van der Waals surface area contributed by atoms with E-state index in [0.29, 0.717) is 43.6 Å². The molecule has 194 valence electrons. The van der Waals surface area contributed by atoms with Crippen LogP contribution in [-0.2, 0) is 32.3 Å². The number of aromatic nitrogens is 2. The van der Waals surface area contributed by atoms with Crippen molar-refractivity contribution in [3.63, 3.8) is 0 Å². The minimum Gasteiger partial charge on any atom is -0.337 e. The van der Waals surface area contributed by atoms with Gasteiger partial charge in [0.1, 0.15) is 17.4 Å². The Balaban J connectivity index is 1.47. The number of amides is 3. The van der Waals surface area contributed by atoms with E-state index in [-0.39, 0.29) is 42.2 Å².